The smallest absolute Gasteiger partial charge is 0.312 e. The minimum Gasteiger partial charge on any atom is -0.490 e. The van der Waals surface area contributed by atoms with Crippen molar-refractivity contribution in [1.82, 2.24) is 0 Å². The Morgan fingerprint density at radius 3 is 2.70 bits per heavy atom. The van der Waals surface area contributed by atoms with Crippen molar-refractivity contribution in [3.63, 3.8) is 0 Å². The number of hydrogen-bond donors (Lipinski definition) is 1. The van der Waals surface area contributed by atoms with Crippen LogP contribution in [0, 0.1) is 17.0 Å². The maximum absolute atomic E-state index is 11.9. The molecule has 1 amide bonds. The molecule has 2 rings (SSSR count). The van der Waals surface area contributed by atoms with E-state index in [9.17, 15) is 14.9 Å². The molecule has 0 aromatic heterocycles. The summed E-state index contributed by atoms with van der Waals surface area (Å²) in [6.07, 6.45) is 0. The zero-order chi connectivity index (χ0) is 16.8. The molecule has 0 atom stereocenters. The molecule has 0 unspecified atom stereocenters. The second-order valence-electron chi connectivity index (χ2n) is 4.80. The molecule has 0 saturated carbocycles. The summed E-state index contributed by atoms with van der Waals surface area (Å²) in [5.74, 6) is 0.302. The number of benzene rings is 2. The number of nitro benzene ring substituents is 1. The quantitative estimate of drug-likeness (QED) is 0.653. The number of carbonyl (C=O) groups excluding carboxylic acids is 1. The van der Waals surface area contributed by atoms with Gasteiger partial charge in [-0.25, -0.2) is 0 Å². The minimum atomic E-state index is -0.572. The van der Waals surface area contributed by atoms with Crippen LogP contribution in [0.3, 0.4) is 0 Å². The van der Waals surface area contributed by atoms with Crippen molar-refractivity contribution < 1.29 is 19.2 Å². The van der Waals surface area contributed by atoms with Crippen LogP contribution < -0.4 is 14.8 Å². The number of nitrogens with zero attached hydrogens (tertiary/aromatic N) is 1. The van der Waals surface area contributed by atoms with E-state index >= 15 is 0 Å². The van der Waals surface area contributed by atoms with E-state index in [1.807, 2.05) is 25.1 Å². The summed E-state index contributed by atoms with van der Waals surface area (Å²) in [5.41, 5.74) is 1.11. The molecule has 0 aliphatic heterocycles. The van der Waals surface area contributed by atoms with E-state index in [1.54, 1.807) is 6.07 Å². The van der Waals surface area contributed by atoms with Gasteiger partial charge in [0, 0.05) is 11.8 Å². The Morgan fingerprint density at radius 2 is 2.04 bits per heavy atom. The van der Waals surface area contributed by atoms with Crippen molar-refractivity contribution in [3.8, 4) is 11.5 Å². The Labute approximate surface area is 133 Å². The second-order valence-corrected chi connectivity index (χ2v) is 4.80. The first-order chi connectivity index (χ1) is 11.0. The highest BCUT2D eigenvalue weighted by molar-refractivity contribution is 5.92. The number of nitro groups is 1. The number of hydrogen-bond acceptors (Lipinski definition) is 5. The Hall–Kier alpha value is -3.09. The van der Waals surface area contributed by atoms with Crippen LogP contribution in [0.1, 0.15) is 5.56 Å². The van der Waals surface area contributed by atoms with Crippen molar-refractivity contribution in [2.75, 3.05) is 19.0 Å². The van der Waals surface area contributed by atoms with Crippen LogP contribution >= 0.6 is 0 Å². The van der Waals surface area contributed by atoms with Gasteiger partial charge >= 0.3 is 5.69 Å². The van der Waals surface area contributed by atoms with E-state index in [4.69, 9.17) is 9.47 Å². The highest BCUT2D eigenvalue weighted by atomic mass is 16.6. The van der Waals surface area contributed by atoms with E-state index in [0.29, 0.717) is 11.4 Å². The lowest BCUT2D eigenvalue weighted by atomic mass is 10.2. The second kappa shape index (κ2) is 7.26. The molecule has 7 heteroatoms. The summed E-state index contributed by atoms with van der Waals surface area (Å²) in [6, 6.07) is 11.5. The molecule has 2 aromatic carbocycles. The molecule has 0 aliphatic rings. The van der Waals surface area contributed by atoms with Gasteiger partial charge in [-0.2, -0.15) is 0 Å². The lowest BCUT2D eigenvalue weighted by Crippen LogP contribution is -2.20. The molecule has 7 nitrogen and oxygen atoms in total. The van der Waals surface area contributed by atoms with Crippen LogP contribution in [0.25, 0.3) is 0 Å². The SMILES string of the molecule is COc1ccc(NC(=O)COc2cccc(C)c2)cc1[N+](=O)[O-]. The summed E-state index contributed by atoms with van der Waals surface area (Å²) < 4.78 is 10.3. The Bertz CT molecular complexity index is 730. The third kappa shape index (κ3) is 4.44. The molecule has 0 heterocycles. The van der Waals surface area contributed by atoms with E-state index in [0.717, 1.165) is 5.56 Å². The molecular weight excluding hydrogens is 300 g/mol. The number of amides is 1. The molecular formula is C16H16N2O5. The van der Waals surface area contributed by atoms with Crippen LogP contribution in [0.15, 0.2) is 42.5 Å². The van der Waals surface area contributed by atoms with E-state index in [-0.39, 0.29) is 18.0 Å². The third-order valence-corrected chi connectivity index (χ3v) is 3.02. The number of rotatable bonds is 6. The molecule has 23 heavy (non-hydrogen) atoms. The van der Waals surface area contributed by atoms with Gasteiger partial charge in [-0.15, -0.1) is 0 Å². The first-order valence-corrected chi connectivity index (χ1v) is 6.81. The van der Waals surface area contributed by atoms with Crippen LogP contribution in [0.4, 0.5) is 11.4 Å². The van der Waals surface area contributed by atoms with Crippen LogP contribution in [-0.4, -0.2) is 24.5 Å². The number of aryl methyl sites for hydroxylation is 1. The van der Waals surface area contributed by atoms with Gasteiger partial charge in [0.25, 0.3) is 5.91 Å². The number of carbonyl (C=O) groups is 1. The number of methoxy groups -OCH3 is 1. The predicted octanol–water partition coefficient (Wildman–Crippen LogP) is 2.93. The molecule has 0 bridgehead atoms. The fourth-order valence-electron chi connectivity index (χ4n) is 1.96. The first-order valence-electron chi connectivity index (χ1n) is 6.81. The molecule has 0 fully saturated rings. The summed E-state index contributed by atoms with van der Waals surface area (Å²) >= 11 is 0. The predicted molar refractivity (Wildman–Crippen MR) is 85.0 cm³/mol. The zero-order valence-corrected chi connectivity index (χ0v) is 12.7. The Balaban J connectivity index is 2.00. The largest absolute Gasteiger partial charge is 0.490 e. The molecule has 1 N–H and O–H groups in total. The fraction of sp³-hybridized carbons (Fsp3) is 0.188. The van der Waals surface area contributed by atoms with Crippen molar-refractivity contribution >= 4 is 17.3 Å². The van der Waals surface area contributed by atoms with E-state index < -0.39 is 10.8 Å². The lowest BCUT2D eigenvalue weighted by molar-refractivity contribution is -0.385. The average Bonchev–Trinajstić information content (AvgIpc) is 2.53. The van der Waals surface area contributed by atoms with Gasteiger partial charge in [-0.1, -0.05) is 12.1 Å². The van der Waals surface area contributed by atoms with Gasteiger partial charge in [-0.05, 0) is 36.8 Å². The summed E-state index contributed by atoms with van der Waals surface area (Å²) in [4.78, 5) is 22.2. The molecule has 0 aliphatic carbocycles. The molecule has 120 valence electrons. The molecule has 0 radical (unpaired) electrons. The van der Waals surface area contributed by atoms with Gasteiger partial charge in [-0.3, -0.25) is 14.9 Å². The number of nitrogens with one attached hydrogen (secondary N) is 1. The monoisotopic (exact) mass is 316 g/mol. The minimum absolute atomic E-state index is 0.129. The van der Waals surface area contributed by atoms with E-state index in [2.05, 4.69) is 5.32 Å². The van der Waals surface area contributed by atoms with Crippen molar-refractivity contribution in [2.45, 2.75) is 6.92 Å². The third-order valence-electron chi connectivity index (χ3n) is 3.02. The van der Waals surface area contributed by atoms with Gasteiger partial charge in [0.1, 0.15) is 5.75 Å². The summed E-state index contributed by atoms with van der Waals surface area (Å²) in [5, 5.41) is 13.5. The molecule has 0 saturated heterocycles. The normalized spacial score (nSPS) is 10.0. The van der Waals surface area contributed by atoms with Crippen molar-refractivity contribution in [2.24, 2.45) is 0 Å². The van der Waals surface area contributed by atoms with Crippen LogP contribution in [0.5, 0.6) is 11.5 Å². The van der Waals surface area contributed by atoms with Gasteiger partial charge in [0.2, 0.25) is 0 Å². The maximum Gasteiger partial charge on any atom is 0.312 e. The number of ether oxygens (including phenoxy) is 2. The Kier molecular flexibility index (Phi) is 5.14. The fourth-order valence-corrected chi connectivity index (χ4v) is 1.96. The van der Waals surface area contributed by atoms with Gasteiger partial charge in [0.05, 0.1) is 12.0 Å². The molecule has 0 spiro atoms. The van der Waals surface area contributed by atoms with Crippen LogP contribution in [0.2, 0.25) is 0 Å². The maximum atomic E-state index is 11.9. The first kappa shape index (κ1) is 16.3. The zero-order valence-electron chi connectivity index (χ0n) is 12.7. The molecule has 2 aromatic rings. The lowest BCUT2D eigenvalue weighted by Gasteiger charge is -2.09. The van der Waals surface area contributed by atoms with Crippen molar-refractivity contribution in [3.05, 3.63) is 58.1 Å². The Morgan fingerprint density at radius 1 is 1.26 bits per heavy atom. The highest BCUT2D eigenvalue weighted by Crippen LogP contribution is 2.29. The summed E-state index contributed by atoms with van der Waals surface area (Å²) in [7, 11) is 1.34. The van der Waals surface area contributed by atoms with Crippen molar-refractivity contribution in [1.29, 1.82) is 0 Å². The summed E-state index contributed by atoms with van der Waals surface area (Å²) in [6.45, 7) is 1.73. The average molecular weight is 316 g/mol. The highest BCUT2D eigenvalue weighted by Gasteiger charge is 2.16. The van der Waals surface area contributed by atoms with Gasteiger partial charge in [0.15, 0.2) is 12.4 Å². The topological polar surface area (TPSA) is 90.7 Å². The van der Waals surface area contributed by atoms with Gasteiger partial charge < -0.3 is 14.8 Å². The number of anilines is 1. The standard InChI is InChI=1S/C16H16N2O5/c1-11-4-3-5-13(8-11)23-10-16(19)17-12-6-7-15(22-2)14(9-12)18(20)21/h3-9H,10H2,1-2H3,(H,17,19). The van der Waals surface area contributed by atoms with Crippen LogP contribution in [-0.2, 0) is 4.79 Å². The van der Waals surface area contributed by atoms with E-state index in [1.165, 1.54) is 25.3 Å².